The van der Waals surface area contributed by atoms with Crippen molar-refractivity contribution in [3.63, 3.8) is 0 Å². The number of hydrogen-bond donors (Lipinski definition) is 2. The van der Waals surface area contributed by atoms with E-state index in [9.17, 15) is 13.6 Å². The first kappa shape index (κ1) is 14.4. The Labute approximate surface area is 128 Å². The Hall–Kier alpha value is -2.54. The lowest BCUT2D eigenvalue weighted by Gasteiger charge is -2.07. The molecular weight excluding hydrogens is 308 g/mol. The number of hydrogen-bond acceptors (Lipinski definition) is 4. The topological polar surface area (TPSA) is 54.0 Å². The van der Waals surface area contributed by atoms with Gasteiger partial charge in [0.1, 0.15) is 17.2 Å². The van der Waals surface area contributed by atoms with Crippen LogP contribution in [0.25, 0.3) is 10.2 Å². The molecule has 0 spiro atoms. The predicted octanol–water partition coefficient (Wildman–Crippen LogP) is 3.64. The van der Waals surface area contributed by atoms with Crippen LogP contribution in [0.4, 0.5) is 13.9 Å². The van der Waals surface area contributed by atoms with Crippen LogP contribution in [0.5, 0.6) is 0 Å². The molecule has 0 saturated heterocycles. The quantitative estimate of drug-likeness (QED) is 0.725. The van der Waals surface area contributed by atoms with Gasteiger partial charge in [-0.05, 0) is 30.7 Å². The minimum Gasteiger partial charge on any atom is -0.273 e. The second kappa shape index (κ2) is 5.69. The van der Waals surface area contributed by atoms with E-state index in [4.69, 9.17) is 0 Å². The van der Waals surface area contributed by atoms with Crippen LogP contribution < -0.4 is 10.9 Å². The Balaban J connectivity index is 1.79. The summed E-state index contributed by atoms with van der Waals surface area (Å²) in [5.74, 6) is -2.73. The van der Waals surface area contributed by atoms with Gasteiger partial charge in [0.2, 0.25) is 5.13 Å². The highest BCUT2D eigenvalue weighted by molar-refractivity contribution is 7.22. The Morgan fingerprint density at radius 2 is 1.82 bits per heavy atom. The van der Waals surface area contributed by atoms with Crippen molar-refractivity contribution in [2.45, 2.75) is 6.92 Å². The van der Waals surface area contributed by atoms with Crippen LogP contribution in [0.15, 0.2) is 36.4 Å². The summed E-state index contributed by atoms with van der Waals surface area (Å²) in [5, 5.41) is 0.439. The lowest BCUT2D eigenvalue weighted by atomic mass is 10.2. The number of aryl methyl sites for hydroxylation is 1. The number of fused-ring (bicyclic) bond motifs is 1. The number of nitrogens with one attached hydrogen (secondary N) is 2. The maximum atomic E-state index is 13.5. The summed E-state index contributed by atoms with van der Waals surface area (Å²) < 4.78 is 28.0. The molecule has 0 aliphatic heterocycles. The fourth-order valence-corrected chi connectivity index (χ4v) is 2.92. The SMILES string of the molecule is Cc1cccc2sc(NNC(=O)c3c(F)cccc3F)nc12. The first-order chi connectivity index (χ1) is 10.6. The molecule has 0 aliphatic rings. The summed E-state index contributed by atoms with van der Waals surface area (Å²) >= 11 is 1.33. The van der Waals surface area contributed by atoms with Gasteiger partial charge in [0.05, 0.1) is 10.2 Å². The van der Waals surface area contributed by atoms with E-state index in [2.05, 4.69) is 15.8 Å². The molecule has 2 aromatic carbocycles. The molecule has 0 aliphatic carbocycles. The monoisotopic (exact) mass is 319 g/mol. The first-order valence-electron chi connectivity index (χ1n) is 6.43. The van der Waals surface area contributed by atoms with Crippen LogP contribution in [-0.4, -0.2) is 10.9 Å². The number of aromatic nitrogens is 1. The van der Waals surface area contributed by atoms with E-state index in [0.29, 0.717) is 5.13 Å². The number of carbonyl (C=O) groups excluding carboxylic acids is 1. The largest absolute Gasteiger partial charge is 0.275 e. The molecule has 0 atom stereocenters. The zero-order valence-electron chi connectivity index (χ0n) is 11.5. The Bertz CT molecular complexity index is 843. The fourth-order valence-electron chi connectivity index (χ4n) is 2.03. The summed E-state index contributed by atoms with van der Waals surface area (Å²) in [7, 11) is 0. The molecule has 1 heterocycles. The number of rotatable bonds is 3. The molecule has 0 saturated carbocycles. The highest BCUT2D eigenvalue weighted by Gasteiger charge is 2.17. The van der Waals surface area contributed by atoms with Gasteiger partial charge in [0.25, 0.3) is 5.91 Å². The third-order valence-electron chi connectivity index (χ3n) is 3.09. The van der Waals surface area contributed by atoms with Crippen LogP contribution in [0.1, 0.15) is 15.9 Å². The van der Waals surface area contributed by atoms with Crippen molar-refractivity contribution in [2.24, 2.45) is 0 Å². The Morgan fingerprint density at radius 3 is 2.50 bits per heavy atom. The third-order valence-corrected chi connectivity index (χ3v) is 4.03. The van der Waals surface area contributed by atoms with Gasteiger partial charge in [-0.25, -0.2) is 13.8 Å². The minimum absolute atomic E-state index is 0.439. The lowest BCUT2D eigenvalue weighted by Crippen LogP contribution is -2.30. The highest BCUT2D eigenvalue weighted by Crippen LogP contribution is 2.27. The van der Waals surface area contributed by atoms with E-state index in [1.54, 1.807) is 0 Å². The molecule has 0 fully saturated rings. The number of amides is 1. The van der Waals surface area contributed by atoms with Crippen molar-refractivity contribution in [1.82, 2.24) is 10.4 Å². The Morgan fingerprint density at radius 1 is 1.14 bits per heavy atom. The smallest absolute Gasteiger partial charge is 0.273 e. The molecule has 2 N–H and O–H groups in total. The van der Waals surface area contributed by atoms with Crippen molar-refractivity contribution in [1.29, 1.82) is 0 Å². The maximum Gasteiger partial charge on any atom is 0.275 e. The molecular formula is C15H11F2N3OS. The van der Waals surface area contributed by atoms with E-state index < -0.39 is 23.1 Å². The molecule has 3 aromatic rings. The highest BCUT2D eigenvalue weighted by atomic mass is 32.1. The summed E-state index contributed by atoms with van der Waals surface area (Å²) in [6.07, 6.45) is 0. The number of benzene rings is 2. The molecule has 1 amide bonds. The normalized spacial score (nSPS) is 10.7. The van der Waals surface area contributed by atoms with Gasteiger partial charge >= 0.3 is 0 Å². The molecule has 4 nitrogen and oxygen atoms in total. The number of anilines is 1. The van der Waals surface area contributed by atoms with Crippen molar-refractivity contribution < 1.29 is 13.6 Å². The number of carbonyl (C=O) groups is 1. The summed E-state index contributed by atoms with van der Waals surface area (Å²) in [6.45, 7) is 1.93. The zero-order chi connectivity index (χ0) is 15.7. The molecule has 112 valence electrons. The van der Waals surface area contributed by atoms with Crippen LogP contribution >= 0.6 is 11.3 Å². The van der Waals surface area contributed by atoms with E-state index in [0.717, 1.165) is 27.9 Å². The standard InChI is InChI=1S/C15H11F2N3OS/c1-8-4-2-7-11-13(8)18-15(22-11)20-19-14(21)12-9(16)5-3-6-10(12)17/h2-7H,1H3,(H,18,20)(H,19,21). The number of hydrazine groups is 1. The van der Waals surface area contributed by atoms with Crippen LogP contribution in [0, 0.1) is 18.6 Å². The lowest BCUT2D eigenvalue weighted by molar-refractivity contribution is 0.0954. The molecule has 22 heavy (non-hydrogen) atoms. The van der Waals surface area contributed by atoms with Gasteiger partial charge in [-0.15, -0.1) is 0 Å². The van der Waals surface area contributed by atoms with Gasteiger partial charge in [0.15, 0.2) is 0 Å². The van der Waals surface area contributed by atoms with E-state index >= 15 is 0 Å². The number of halogens is 2. The second-order valence-corrected chi connectivity index (χ2v) is 5.65. The van der Waals surface area contributed by atoms with Crippen molar-refractivity contribution in [2.75, 3.05) is 5.43 Å². The van der Waals surface area contributed by atoms with E-state index in [1.807, 2.05) is 25.1 Å². The summed E-state index contributed by atoms with van der Waals surface area (Å²) in [4.78, 5) is 16.2. The zero-order valence-corrected chi connectivity index (χ0v) is 12.3. The van der Waals surface area contributed by atoms with Crippen LogP contribution in [0.2, 0.25) is 0 Å². The predicted molar refractivity (Wildman–Crippen MR) is 81.8 cm³/mol. The Kier molecular flexibility index (Phi) is 3.72. The van der Waals surface area contributed by atoms with E-state index in [1.165, 1.54) is 17.4 Å². The van der Waals surface area contributed by atoms with Crippen LogP contribution in [0.3, 0.4) is 0 Å². The number of nitrogens with zero attached hydrogens (tertiary/aromatic N) is 1. The van der Waals surface area contributed by atoms with Gasteiger partial charge in [0, 0.05) is 0 Å². The first-order valence-corrected chi connectivity index (χ1v) is 7.24. The molecule has 0 radical (unpaired) electrons. The number of para-hydroxylation sites is 1. The molecule has 0 bridgehead atoms. The summed E-state index contributed by atoms with van der Waals surface area (Å²) in [5.41, 5.74) is 6.04. The average Bonchev–Trinajstić information content (AvgIpc) is 2.89. The fraction of sp³-hybridized carbons (Fsp3) is 0.0667. The van der Waals surface area contributed by atoms with Crippen molar-refractivity contribution in [3.05, 3.63) is 59.2 Å². The van der Waals surface area contributed by atoms with Gasteiger partial charge in [-0.2, -0.15) is 0 Å². The van der Waals surface area contributed by atoms with E-state index in [-0.39, 0.29) is 0 Å². The molecule has 1 aromatic heterocycles. The third kappa shape index (κ3) is 2.62. The summed E-state index contributed by atoms with van der Waals surface area (Å²) in [6, 6.07) is 9.00. The number of thiazole rings is 1. The average molecular weight is 319 g/mol. The van der Waals surface area contributed by atoms with Crippen LogP contribution in [-0.2, 0) is 0 Å². The molecule has 0 unspecified atom stereocenters. The second-order valence-electron chi connectivity index (χ2n) is 4.62. The van der Waals surface area contributed by atoms with Crippen molar-refractivity contribution >= 4 is 32.6 Å². The van der Waals surface area contributed by atoms with Gasteiger partial charge < -0.3 is 0 Å². The maximum absolute atomic E-state index is 13.5. The van der Waals surface area contributed by atoms with Gasteiger partial charge in [-0.3, -0.25) is 15.6 Å². The molecule has 7 heteroatoms. The minimum atomic E-state index is -0.917. The van der Waals surface area contributed by atoms with Crippen molar-refractivity contribution in [3.8, 4) is 0 Å². The van der Waals surface area contributed by atoms with Gasteiger partial charge in [-0.1, -0.05) is 29.5 Å². The molecule has 3 rings (SSSR count).